The van der Waals surface area contributed by atoms with Crippen LogP contribution in [-0.4, -0.2) is 54.8 Å². The van der Waals surface area contributed by atoms with E-state index in [0.717, 1.165) is 29.2 Å². The van der Waals surface area contributed by atoms with Crippen molar-refractivity contribution in [1.82, 2.24) is 10.3 Å². The van der Waals surface area contributed by atoms with Crippen LogP contribution in [0.15, 0.2) is 52.9 Å². The molecule has 1 atom stereocenters. The monoisotopic (exact) mass is 596 g/mol. The molecule has 3 aliphatic heterocycles. The number of amides is 3. The molecular weight excluding hydrogens is 571 g/mol. The molecule has 1 aromatic heterocycles. The Bertz CT molecular complexity index is 1880. The number of imide groups is 1. The average Bonchev–Trinajstić information content (AvgIpc) is 3.48. The summed E-state index contributed by atoms with van der Waals surface area (Å²) in [4.78, 5) is 45.9. The molecule has 0 aliphatic carbocycles. The third kappa shape index (κ3) is 5.01. The number of hydrogen-bond acceptors (Lipinski definition) is 9. The minimum Gasteiger partial charge on any atom is -0.748 e. The number of oxazole rings is 1. The molecule has 1 unspecified atom stereocenters. The zero-order valence-corrected chi connectivity index (χ0v) is 25.6. The van der Waals surface area contributed by atoms with Gasteiger partial charge in [-0.05, 0) is 66.0 Å². The number of carbonyl (C=O) groups is 3. The number of nitrogens with zero attached hydrogens (tertiary/aromatic N) is 3. The van der Waals surface area contributed by atoms with E-state index < -0.39 is 27.8 Å². The quantitative estimate of drug-likeness (QED) is 0.193. The molecule has 4 heterocycles. The van der Waals surface area contributed by atoms with Gasteiger partial charge in [-0.3, -0.25) is 24.6 Å². The zero-order chi connectivity index (χ0) is 28.5. The first-order valence-corrected chi connectivity index (χ1v) is 15.0. The average molecular weight is 597 g/mol. The van der Waals surface area contributed by atoms with Crippen molar-refractivity contribution in [2.75, 3.05) is 22.9 Å². The van der Waals surface area contributed by atoms with E-state index >= 15 is 0 Å². The second kappa shape index (κ2) is 10.8. The van der Waals surface area contributed by atoms with Gasteiger partial charge in [0.2, 0.25) is 11.8 Å². The summed E-state index contributed by atoms with van der Waals surface area (Å²) in [7, 11) is -4.40. The molecule has 2 fully saturated rings. The van der Waals surface area contributed by atoms with Gasteiger partial charge < -0.3 is 13.9 Å². The topological polar surface area (TPSA) is 153 Å². The van der Waals surface area contributed by atoms with Crippen LogP contribution in [0.2, 0.25) is 0 Å². The maximum atomic E-state index is 13.4. The summed E-state index contributed by atoms with van der Waals surface area (Å²) in [6.07, 6.45) is 2.13. The molecule has 3 aliphatic rings. The Morgan fingerprint density at radius 1 is 1.02 bits per heavy atom. The van der Waals surface area contributed by atoms with Crippen molar-refractivity contribution < 1.29 is 61.3 Å². The van der Waals surface area contributed by atoms with Crippen LogP contribution in [0.1, 0.15) is 53.1 Å². The second-order valence-electron chi connectivity index (χ2n) is 10.8. The van der Waals surface area contributed by atoms with E-state index in [0.29, 0.717) is 53.4 Å². The van der Waals surface area contributed by atoms with E-state index in [4.69, 9.17) is 4.42 Å². The third-order valence-electron chi connectivity index (χ3n) is 8.27. The number of rotatable bonds is 5. The van der Waals surface area contributed by atoms with Crippen molar-refractivity contribution in [3.63, 3.8) is 0 Å². The summed E-state index contributed by atoms with van der Waals surface area (Å²) in [5, 5.41) is 4.19. The zero-order valence-electron chi connectivity index (χ0n) is 22.8. The van der Waals surface area contributed by atoms with Gasteiger partial charge in [0.1, 0.15) is 11.6 Å². The van der Waals surface area contributed by atoms with Crippen molar-refractivity contribution in [3.05, 3.63) is 65.2 Å². The number of fused-ring (bicyclic) bond motifs is 1. The summed E-state index contributed by atoms with van der Waals surface area (Å²) >= 11 is 0. The summed E-state index contributed by atoms with van der Waals surface area (Å²) in [6.45, 7) is 1.37. The van der Waals surface area contributed by atoms with Crippen molar-refractivity contribution in [3.8, 4) is 0 Å². The molecule has 0 saturated carbocycles. The van der Waals surface area contributed by atoms with Crippen LogP contribution in [0, 0.1) is 0 Å². The first kappa shape index (κ1) is 28.8. The van der Waals surface area contributed by atoms with Crippen LogP contribution >= 0.6 is 0 Å². The molecule has 3 amide bonds. The Kier molecular flexibility index (Phi) is 7.38. The Hall–Kier alpha value is -3.29. The maximum Gasteiger partial charge on any atom is 1.00 e. The van der Waals surface area contributed by atoms with Gasteiger partial charge in [-0.15, -0.1) is 0 Å². The van der Waals surface area contributed by atoms with Gasteiger partial charge in [0.05, 0.1) is 21.6 Å². The second-order valence-corrected chi connectivity index (χ2v) is 12.2. The molecule has 0 spiro atoms. The van der Waals surface area contributed by atoms with Crippen LogP contribution in [0.25, 0.3) is 21.9 Å². The van der Waals surface area contributed by atoms with Crippen LogP contribution in [0.4, 0.5) is 11.7 Å². The van der Waals surface area contributed by atoms with Crippen LogP contribution in [0.5, 0.6) is 0 Å². The largest absolute Gasteiger partial charge is 1.00 e. The number of hydrogen-bond donors (Lipinski definition) is 1. The maximum absolute atomic E-state index is 13.4. The molecule has 13 heteroatoms. The Morgan fingerprint density at radius 3 is 2.55 bits per heavy atom. The van der Waals surface area contributed by atoms with E-state index in [2.05, 4.69) is 15.2 Å². The molecule has 0 bridgehead atoms. The third-order valence-corrected chi connectivity index (χ3v) is 8.96. The SMILES string of the molecule is O=C1CCC(N2C(=O)c3cccc4c(C5CCN(c6nc7ccc(CS(=O)(=O)[O-])cc7o6)CC5)ccc2c34)C(=O)N1.[Na+]. The van der Waals surface area contributed by atoms with Gasteiger partial charge in [0.25, 0.3) is 11.9 Å². The first-order chi connectivity index (χ1) is 19.7. The van der Waals surface area contributed by atoms with Crippen molar-refractivity contribution in [2.24, 2.45) is 0 Å². The Morgan fingerprint density at radius 2 is 1.81 bits per heavy atom. The minimum absolute atomic E-state index is 0. The van der Waals surface area contributed by atoms with E-state index in [-0.39, 0.29) is 53.7 Å². The van der Waals surface area contributed by atoms with Crippen LogP contribution < -0.4 is 44.7 Å². The van der Waals surface area contributed by atoms with Crippen molar-refractivity contribution in [1.29, 1.82) is 0 Å². The van der Waals surface area contributed by atoms with Crippen molar-refractivity contribution >= 4 is 61.4 Å². The Labute approximate surface area is 263 Å². The number of piperidine rings is 2. The van der Waals surface area contributed by atoms with Gasteiger partial charge in [-0.1, -0.05) is 24.3 Å². The number of nitrogens with one attached hydrogen (secondary N) is 1. The number of aromatic nitrogens is 1. The number of carbonyl (C=O) groups excluding carboxylic acids is 3. The number of benzene rings is 3. The van der Waals surface area contributed by atoms with Gasteiger partial charge >= 0.3 is 29.6 Å². The fourth-order valence-corrected chi connectivity index (χ4v) is 6.98. The molecule has 0 radical (unpaired) electrons. The molecule has 42 heavy (non-hydrogen) atoms. The molecule has 1 N–H and O–H groups in total. The summed E-state index contributed by atoms with van der Waals surface area (Å²) < 4.78 is 39.3. The van der Waals surface area contributed by atoms with E-state index in [1.54, 1.807) is 24.3 Å². The summed E-state index contributed by atoms with van der Waals surface area (Å²) in [5.41, 5.74) is 3.79. The predicted molar refractivity (Wildman–Crippen MR) is 149 cm³/mol. The summed E-state index contributed by atoms with van der Waals surface area (Å²) in [6, 6.07) is 14.1. The van der Waals surface area contributed by atoms with E-state index in [1.807, 2.05) is 24.3 Å². The van der Waals surface area contributed by atoms with Gasteiger partial charge in [-0.2, -0.15) is 4.98 Å². The fourth-order valence-electron chi connectivity index (χ4n) is 6.39. The predicted octanol–water partition coefficient (Wildman–Crippen LogP) is 0.180. The van der Waals surface area contributed by atoms with Crippen LogP contribution in [0.3, 0.4) is 0 Å². The first-order valence-electron chi connectivity index (χ1n) is 13.5. The van der Waals surface area contributed by atoms with E-state index in [1.165, 1.54) is 4.90 Å². The minimum atomic E-state index is -4.40. The molecular formula is C29H25N4NaO7S. The van der Waals surface area contributed by atoms with Gasteiger partial charge in [0.15, 0.2) is 5.58 Å². The van der Waals surface area contributed by atoms with E-state index in [9.17, 15) is 27.4 Å². The number of anilines is 2. The molecule has 11 nitrogen and oxygen atoms in total. The molecule has 4 aromatic rings. The molecule has 7 rings (SSSR count). The smallest absolute Gasteiger partial charge is 0.748 e. The summed E-state index contributed by atoms with van der Waals surface area (Å²) in [5.74, 6) is -1.36. The van der Waals surface area contributed by atoms with Gasteiger partial charge in [0, 0.05) is 30.5 Å². The Balaban J connectivity index is 0.00000316. The fraction of sp³-hybridized carbons (Fsp3) is 0.310. The molecule has 3 aromatic carbocycles. The molecule has 2 saturated heterocycles. The van der Waals surface area contributed by atoms with Crippen LogP contribution in [-0.2, 0) is 25.5 Å². The molecule has 210 valence electrons. The van der Waals surface area contributed by atoms with Gasteiger partial charge in [-0.25, -0.2) is 8.42 Å². The normalized spacial score (nSPS) is 19.5. The van der Waals surface area contributed by atoms with Crippen molar-refractivity contribution in [2.45, 2.75) is 43.4 Å². The standard InChI is InChI=1S/C29H26N4O7S.Na/c34-25-9-8-23(27(35)31-25)33-22-7-5-18(19-2-1-3-20(26(19)22)28(33)36)17-10-12-32(13-11-17)29-30-21-6-4-16(14-24(21)40-29)15-41(37,38)39;/h1-7,14,17,23H,8-13,15H2,(H,31,34,35)(H,37,38,39);/q;+1/p-1.